The molecule has 0 spiro atoms. The SMILES string of the molecule is CC(C)CN(C[C@@H](O)[C@H](Cc1ccccc1)NC(=O)O[C@H]1CO[C@H]2O[C@@H]3OCC[C@@H]3[C@H]21)S(=O)(=O)c1ccc(N)cc1. The van der Waals surface area contributed by atoms with Gasteiger partial charge in [-0.25, -0.2) is 13.2 Å². The predicted molar refractivity (Wildman–Crippen MR) is 150 cm³/mol. The number of amides is 1. The minimum Gasteiger partial charge on any atom is -0.443 e. The lowest BCUT2D eigenvalue weighted by Gasteiger charge is -2.31. The van der Waals surface area contributed by atoms with Crippen molar-refractivity contribution in [3.05, 3.63) is 60.2 Å². The van der Waals surface area contributed by atoms with Gasteiger partial charge in [0.1, 0.15) is 6.10 Å². The van der Waals surface area contributed by atoms with E-state index in [-0.39, 0.29) is 55.1 Å². The van der Waals surface area contributed by atoms with Crippen molar-refractivity contribution in [2.45, 2.75) is 62.4 Å². The number of carbonyl (C=O) groups excluding carboxylic acids is 1. The molecule has 5 rings (SSSR count). The van der Waals surface area contributed by atoms with Gasteiger partial charge in [-0.05, 0) is 48.6 Å². The van der Waals surface area contributed by atoms with Gasteiger partial charge in [0, 0.05) is 24.7 Å². The van der Waals surface area contributed by atoms with E-state index in [9.17, 15) is 18.3 Å². The molecule has 3 heterocycles. The lowest BCUT2D eigenvalue weighted by Crippen LogP contribution is -2.52. The number of sulfonamides is 1. The molecule has 4 N–H and O–H groups in total. The minimum absolute atomic E-state index is 0.0106. The Balaban J connectivity index is 1.31. The van der Waals surface area contributed by atoms with Crippen molar-refractivity contribution in [2.75, 3.05) is 32.0 Å². The third-order valence-corrected chi connectivity index (χ3v) is 9.66. The zero-order valence-corrected chi connectivity index (χ0v) is 24.1. The summed E-state index contributed by atoms with van der Waals surface area (Å²) >= 11 is 0. The molecule has 2 aromatic carbocycles. The molecule has 7 atom stereocenters. The monoisotopic (exact) mass is 589 g/mol. The van der Waals surface area contributed by atoms with Crippen molar-refractivity contribution in [3.8, 4) is 0 Å². The highest BCUT2D eigenvalue weighted by molar-refractivity contribution is 7.89. The fourth-order valence-corrected chi connectivity index (χ4v) is 7.43. The normalized spacial score (nSPS) is 27.0. The average Bonchev–Trinajstić information content (AvgIpc) is 3.62. The quantitative estimate of drug-likeness (QED) is 0.336. The molecule has 1 amide bonds. The number of aliphatic hydroxyl groups excluding tert-OH is 1. The summed E-state index contributed by atoms with van der Waals surface area (Å²) in [7, 11) is -3.95. The van der Waals surface area contributed by atoms with E-state index in [1.54, 1.807) is 0 Å². The van der Waals surface area contributed by atoms with Gasteiger partial charge in [0.25, 0.3) is 0 Å². The third kappa shape index (κ3) is 6.85. The summed E-state index contributed by atoms with van der Waals surface area (Å²) in [5.41, 5.74) is 7.07. The smallest absolute Gasteiger partial charge is 0.407 e. The molecular formula is C29H39N3O8S. The molecule has 3 saturated heterocycles. The maximum atomic E-state index is 13.6. The van der Waals surface area contributed by atoms with E-state index >= 15 is 0 Å². The van der Waals surface area contributed by atoms with E-state index in [4.69, 9.17) is 24.7 Å². The number of alkyl carbamates (subject to hydrolysis) is 1. The predicted octanol–water partition coefficient (Wildman–Crippen LogP) is 2.35. The zero-order valence-electron chi connectivity index (χ0n) is 23.3. The number of benzene rings is 2. The van der Waals surface area contributed by atoms with Crippen LogP contribution < -0.4 is 11.1 Å². The molecule has 0 unspecified atom stereocenters. The van der Waals surface area contributed by atoms with Crippen molar-refractivity contribution in [1.82, 2.24) is 9.62 Å². The van der Waals surface area contributed by atoms with Gasteiger partial charge in [0.2, 0.25) is 10.0 Å². The van der Waals surface area contributed by atoms with E-state index < -0.39 is 40.7 Å². The van der Waals surface area contributed by atoms with Gasteiger partial charge in [-0.2, -0.15) is 4.31 Å². The van der Waals surface area contributed by atoms with Crippen molar-refractivity contribution in [1.29, 1.82) is 0 Å². The van der Waals surface area contributed by atoms with Crippen LogP contribution in [-0.2, 0) is 35.4 Å². The Bertz CT molecular complexity index is 1280. The number of hydrogen-bond donors (Lipinski definition) is 3. The highest BCUT2D eigenvalue weighted by Gasteiger charge is 2.56. The fourth-order valence-electron chi connectivity index (χ4n) is 5.81. The molecule has 0 aliphatic carbocycles. The molecule has 3 aliphatic rings. The Morgan fingerprint density at radius 3 is 2.54 bits per heavy atom. The van der Waals surface area contributed by atoms with E-state index in [1.807, 2.05) is 44.2 Å². The number of anilines is 1. The highest BCUT2D eigenvalue weighted by atomic mass is 32.2. The summed E-state index contributed by atoms with van der Waals surface area (Å²) < 4.78 is 51.3. The maximum Gasteiger partial charge on any atom is 0.407 e. The molecular weight excluding hydrogens is 550 g/mol. The summed E-state index contributed by atoms with van der Waals surface area (Å²) in [5.74, 6) is -0.0462. The second-order valence-corrected chi connectivity index (χ2v) is 13.3. The third-order valence-electron chi connectivity index (χ3n) is 7.82. The number of nitrogens with one attached hydrogen (secondary N) is 1. The first-order valence-electron chi connectivity index (χ1n) is 14.1. The Hall–Kier alpha value is -2.74. The van der Waals surface area contributed by atoms with Crippen molar-refractivity contribution in [3.63, 3.8) is 0 Å². The number of nitrogen functional groups attached to an aromatic ring is 1. The molecule has 0 bridgehead atoms. The lowest BCUT2D eigenvalue weighted by atomic mass is 9.89. The molecule has 11 nitrogen and oxygen atoms in total. The Labute approximate surface area is 240 Å². The second kappa shape index (κ2) is 12.6. The standard InChI is InChI=1S/C29H39N3O8S/c1-18(2)15-32(41(35,36)21-10-8-20(30)9-11-21)16-24(33)23(14-19-6-4-3-5-7-19)31-29(34)39-25-17-38-28-26(25)22-12-13-37-27(22)40-28/h3-11,18,22-28,33H,12-17,30H2,1-2H3,(H,31,34)/t22-,23+,24-,25+,26+,27+,28+/m1/s1. The first-order chi connectivity index (χ1) is 19.6. The van der Waals surface area contributed by atoms with Crippen LogP contribution in [0, 0.1) is 17.8 Å². The van der Waals surface area contributed by atoms with Crippen LogP contribution in [0.25, 0.3) is 0 Å². The molecule has 2 aromatic rings. The molecule has 0 radical (unpaired) electrons. The van der Waals surface area contributed by atoms with Crippen molar-refractivity contribution in [2.24, 2.45) is 17.8 Å². The lowest BCUT2D eigenvalue weighted by molar-refractivity contribution is -0.188. The number of fused-ring (bicyclic) bond motifs is 3. The van der Waals surface area contributed by atoms with Crippen molar-refractivity contribution < 1.29 is 37.3 Å². The highest BCUT2D eigenvalue weighted by Crippen LogP contribution is 2.45. The first-order valence-corrected chi connectivity index (χ1v) is 15.5. The number of aliphatic hydroxyl groups is 1. The van der Waals surface area contributed by atoms with E-state index in [2.05, 4.69) is 5.32 Å². The molecule has 3 aliphatic heterocycles. The number of carbonyl (C=O) groups is 1. The van der Waals surface area contributed by atoms with Gasteiger partial charge < -0.3 is 35.1 Å². The average molecular weight is 590 g/mol. The summed E-state index contributed by atoms with van der Waals surface area (Å²) in [6.07, 6.45) is -2.21. The van der Waals surface area contributed by atoms with Gasteiger partial charge in [-0.3, -0.25) is 0 Å². The maximum absolute atomic E-state index is 13.6. The van der Waals surface area contributed by atoms with Crippen LogP contribution in [0.3, 0.4) is 0 Å². The summed E-state index contributed by atoms with van der Waals surface area (Å²) in [5, 5.41) is 14.2. The molecule has 224 valence electrons. The largest absolute Gasteiger partial charge is 0.443 e. The number of rotatable bonds is 11. The van der Waals surface area contributed by atoms with Gasteiger partial charge >= 0.3 is 6.09 Å². The topological polar surface area (TPSA) is 150 Å². The van der Waals surface area contributed by atoms with Crippen LogP contribution in [0.5, 0.6) is 0 Å². The first kappa shape index (κ1) is 29.7. The minimum atomic E-state index is -3.95. The van der Waals surface area contributed by atoms with E-state index in [0.717, 1.165) is 12.0 Å². The summed E-state index contributed by atoms with van der Waals surface area (Å²) in [6, 6.07) is 14.5. The molecule has 3 fully saturated rings. The number of hydrogen-bond acceptors (Lipinski definition) is 9. The number of ether oxygens (including phenoxy) is 4. The molecule has 0 aromatic heterocycles. The summed E-state index contributed by atoms with van der Waals surface area (Å²) in [6.45, 7) is 4.56. The molecule has 0 saturated carbocycles. The molecule has 41 heavy (non-hydrogen) atoms. The second-order valence-electron chi connectivity index (χ2n) is 11.3. The Kier molecular flexibility index (Phi) is 9.17. The van der Waals surface area contributed by atoms with E-state index in [1.165, 1.54) is 28.6 Å². The number of nitrogens with two attached hydrogens (primary N) is 1. The van der Waals surface area contributed by atoms with Crippen molar-refractivity contribution >= 4 is 21.8 Å². The van der Waals surface area contributed by atoms with Gasteiger partial charge in [0.15, 0.2) is 12.6 Å². The summed E-state index contributed by atoms with van der Waals surface area (Å²) in [4.78, 5) is 13.3. The Morgan fingerprint density at radius 2 is 1.83 bits per heavy atom. The zero-order chi connectivity index (χ0) is 29.1. The van der Waals surface area contributed by atoms with Crippen LogP contribution >= 0.6 is 0 Å². The molecule has 12 heteroatoms. The van der Waals surface area contributed by atoms with Crippen LogP contribution in [0.4, 0.5) is 10.5 Å². The van der Waals surface area contributed by atoms with E-state index in [0.29, 0.717) is 12.3 Å². The fraction of sp³-hybridized carbons (Fsp3) is 0.552. The van der Waals surface area contributed by atoms with Gasteiger partial charge in [-0.1, -0.05) is 44.2 Å². The number of nitrogens with zero attached hydrogens (tertiary/aromatic N) is 1. The van der Waals surface area contributed by atoms with Gasteiger partial charge in [-0.15, -0.1) is 0 Å². The van der Waals surface area contributed by atoms with Gasteiger partial charge in [0.05, 0.1) is 36.2 Å². The Morgan fingerprint density at radius 1 is 1.10 bits per heavy atom. The van der Waals surface area contributed by atoms with Crippen LogP contribution in [0.1, 0.15) is 25.8 Å². The van der Waals surface area contributed by atoms with Crippen LogP contribution in [0.15, 0.2) is 59.5 Å². The van der Waals surface area contributed by atoms with Crippen LogP contribution in [0.2, 0.25) is 0 Å². The van der Waals surface area contributed by atoms with Crippen LogP contribution in [-0.4, -0.2) is 81.1 Å².